The molecular formula is C28H51N2O11PSi. The van der Waals surface area contributed by atoms with Crippen LogP contribution in [0, 0.1) is 11.3 Å². The molecule has 1 amide bonds. The molecule has 43 heavy (non-hydrogen) atoms. The highest BCUT2D eigenvalue weighted by Crippen LogP contribution is 2.54. The zero-order valence-corrected chi connectivity index (χ0v) is 29.0. The quantitative estimate of drug-likeness (QED) is 0.103. The topological polar surface area (TPSA) is 161 Å². The largest absolute Gasteiger partial charge is 0.475 e. The third kappa shape index (κ3) is 11.5. The Kier molecular flexibility index (Phi) is 14.7. The number of carbonyl (C=O) groups is 2. The fourth-order valence-corrected chi connectivity index (χ4v) is 7.30. The smallest absolute Gasteiger partial charge is 0.459 e. The second-order valence-corrected chi connectivity index (χ2v) is 18.8. The Hall–Kier alpha value is -1.40. The van der Waals surface area contributed by atoms with E-state index < -0.39 is 58.7 Å². The minimum Gasteiger partial charge on any atom is -0.459 e. The van der Waals surface area contributed by atoms with Gasteiger partial charge in [0.05, 0.1) is 50.9 Å². The second kappa shape index (κ2) is 16.8. The number of nitrogens with one attached hydrogen (secondary N) is 1. The van der Waals surface area contributed by atoms with Crippen LogP contribution in [0.4, 0.5) is 0 Å². The second-order valence-electron chi connectivity index (χ2n) is 12.4. The normalized spacial score (nSPS) is 29.2. The number of hydrogen-bond donors (Lipinski definition) is 1. The Morgan fingerprint density at radius 3 is 2.37 bits per heavy atom. The lowest BCUT2D eigenvalue weighted by atomic mass is 10.1. The maximum absolute atomic E-state index is 14.1. The van der Waals surface area contributed by atoms with Gasteiger partial charge in [-0.05, 0) is 38.9 Å². The van der Waals surface area contributed by atoms with Crippen LogP contribution >= 0.6 is 7.82 Å². The van der Waals surface area contributed by atoms with Crippen molar-refractivity contribution in [2.75, 3.05) is 33.5 Å². The molecule has 0 bridgehead atoms. The van der Waals surface area contributed by atoms with Gasteiger partial charge in [-0.25, -0.2) is 4.57 Å². The van der Waals surface area contributed by atoms with Crippen LogP contribution in [0.15, 0.2) is 0 Å². The summed E-state index contributed by atoms with van der Waals surface area (Å²) in [5.41, 5.74) is 0. The van der Waals surface area contributed by atoms with Crippen LogP contribution in [0.5, 0.6) is 0 Å². The molecule has 0 radical (unpaired) electrons. The predicted molar refractivity (Wildman–Crippen MR) is 160 cm³/mol. The number of phosphoric acid groups is 1. The third-order valence-corrected chi connectivity index (χ3v) is 13.8. The molecule has 0 saturated carbocycles. The molecule has 2 aliphatic rings. The molecule has 15 heteroatoms. The molecule has 2 saturated heterocycles. The number of amides is 1. The maximum Gasteiger partial charge on any atom is 0.475 e. The molecule has 0 aromatic heterocycles. The first-order valence-electron chi connectivity index (χ1n) is 14.9. The van der Waals surface area contributed by atoms with Crippen molar-refractivity contribution >= 4 is 28.0 Å². The van der Waals surface area contributed by atoms with Gasteiger partial charge in [0.25, 0.3) is 0 Å². The van der Waals surface area contributed by atoms with E-state index in [1.807, 2.05) is 19.9 Å². The van der Waals surface area contributed by atoms with Crippen molar-refractivity contribution in [2.45, 2.75) is 128 Å². The first-order chi connectivity index (χ1) is 20.1. The number of ether oxygens (including phenoxy) is 4. The first kappa shape index (κ1) is 37.8. The molecule has 2 unspecified atom stereocenters. The summed E-state index contributed by atoms with van der Waals surface area (Å²) in [6.07, 6.45) is -3.87. The van der Waals surface area contributed by atoms with Crippen molar-refractivity contribution in [1.29, 1.82) is 5.26 Å². The minimum atomic E-state index is -4.32. The number of phosphoric ester groups is 1. The number of esters is 1. The number of hydrogen-bond acceptors (Lipinski definition) is 12. The Morgan fingerprint density at radius 1 is 1.07 bits per heavy atom. The van der Waals surface area contributed by atoms with E-state index in [0.29, 0.717) is 13.0 Å². The monoisotopic (exact) mass is 650 g/mol. The van der Waals surface area contributed by atoms with Crippen LogP contribution in [0.3, 0.4) is 0 Å². The number of rotatable bonds is 17. The van der Waals surface area contributed by atoms with Crippen LogP contribution < -0.4 is 5.32 Å². The van der Waals surface area contributed by atoms with Crippen LogP contribution in [0.25, 0.3) is 0 Å². The number of carbonyl (C=O) groups excluding carboxylic acids is 2. The van der Waals surface area contributed by atoms with E-state index in [1.165, 1.54) is 7.11 Å². The highest BCUT2D eigenvalue weighted by molar-refractivity contribution is 7.48. The van der Waals surface area contributed by atoms with Crippen molar-refractivity contribution in [3.8, 4) is 6.07 Å². The van der Waals surface area contributed by atoms with Crippen LogP contribution in [-0.2, 0) is 51.1 Å². The van der Waals surface area contributed by atoms with Gasteiger partial charge in [-0.2, -0.15) is 5.26 Å². The number of nitrogens with zero attached hydrogens (tertiary/aromatic N) is 1. The van der Waals surface area contributed by atoms with Crippen LogP contribution in [0.1, 0.15) is 67.2 Å². The van der Waals surface area contributed by atoms with Crippen LogP contribution in [-0.4, -0.2) is 96.4 Å². The van der Waals surface area contributed by atoms with Gasteiger partial charge in [0.2, 0.25) is 5.91 Å². The maximum atomic E-state index is 14.1. The van der Waals surface area contributed by atoms with Gasteiger partial charge in [0.15, 0.2) is 8.32 Å². The minimum absolute atomic E-state index is 0.00931. The molecule has 0 spiro atoms. The van der Waals surface area contributed by atoms with E-state index in [4.69, 9.17) is 42.2 Å². The average molecular weight is 651 g/mol. The van der Waals surface area contributed by atoms with Gasteiger partial charge in [-0.1, -0.05) is 20.8 Å². The molecule has 0 aromatic carbocycles. The third-order valence-electron chi connectivity index (χ3n) is 7.82. The van der Waals surface area contributed by atoms with Crippen molar-refractivity contribution in [3.63, 3.8) is 0 Å². The molecule has 2 heterocycles. The van der Waals surface area contributed by atoms with Crippen molar-refractivity contribution in [3.05, 3.63) is 0 Å². The SMILES string of the molecule is CCNC(=O)CCC(=O)O[C@@H]1C[C@H](C)O[C@@H]1COP(=O)(OCCC#N)O[C@@H]1C(O[Si](C)(C)C(C)(C)C)[C@H](C)O[C@@H]1COC. The highest BCUT2D eigenvalue weighted by atomic mass is 31.2. The Labute approximate surface area is 257 Å². The fourth-order valence-electron chi connectivity index (χ4n) is 4.55. The summed E-state index contributed by atoms with van der Waals surface area (Å²) in [6.45, 7) is 16.2. The molecule has 0 aliphatic carbocycles. The van der Waals surface area contributed by atoms with Crippen molar-refractivity contribution in [1.82, 2.24) is 5.32 Å². The molecule has 1 N–H and O–H groups in total. The lowest BCUT2D eigenvalue weighted by Crippen LogP contribution is -2.49. The summed E-state index contributed by atoms with van der Waals surface area (Å²) in [7, 11) is -5.10. The summed E-state index contributed by atoms with van der Waals surface area (Å²) < 4.78 is 61.2. The van der Waals surface area contributed by atoms with Crippen molar-refractivity contribution < 1.29 is 51.1 Å². The highest BCUT2D eigenvalue weighted by Gasteiger charge is 2.52. The first-order valence-corrected chi connectivity index (χ1v) is 19.3. The molecule has 13 nitrogen and oxygen atoms in total. The lowest BCUT2D eigenvalue weighted by Gasteiger charge is -2.40. The molecular weight excluding hydrogens is 599 g/mol. The summed E-state index contributed by atoms with van der Waals surface area (Å²) in [5.74, 6) is -0.787. The van der Waals surface area contributed by atoms with Gasteiger partial charge >= 0.3 is 13.8 Å². The lowest BCUT2D eigenvalue weighted by molar-refractivity contribution is -0.153. The summed E-state index contributed by atoms with van der Waals surface area (Å²) >= 11 is 0. The summed E-state index contributed by atoms with van der Waals surface area (Å²) in [5, 5.41) is 11.6. The number of nitriles is 1. The van der Waals surface area contributed by atoms with Crippen molar-refractivity contribution in [2.24, 2.45) is 0 Å². The van der Waals surface area contributed by atoms with E-state index in [0.717, 1.165) is 0 Å². The standard InChI is InChI=1S/C28H51N2O11PSi/c1-10-30-24(31)12-13-25(32)39-21-16-19(2)37-22(21)18-36-42(33,35-15-11-14-29)40-27-23(17-34-7)38-20(3)26(27)41-43(8,9)28(4,5)6/h19-23,26-27H,10-13,15-18H2,1-9H3,(H,30,31)/t19-,20-,21+,22+,23+,26?,27-,42?/m0/s1. The predicted octanol–water partition coefficient (Wildman–Crippen LogP) is 4.26. The Morgan fingerprint density at radius 2 is 1.77 bits per heavy atom. The van der Waals surface area contributed by atoms with E-state index in [2.05, 4.69) is 39.2 Å². The van der Waals surface area contributed by atoms with E-state index in [1.54, 1.807) is 6.92 Å². The number of methoxy groups -OCH3 is 1. The zero-order valence-electron chi connectivity index (χ0n) is 27.1. The molecule has 8 atom stereocenters. The molecule has 2 rings (SSSR count). The van der Waals surface area contributed by atoms with E-state index in [-0.39, 0.29) is 56.1 Å². The Bertz CT molecular complexity index is 1000. The van der Waals surface area contributed by atoms with Gasteiger partial charge in [0, 0.05) is 26.5 Å². The summed E-state index contributed by atoms with van der Waals surface area (Å²) in [4.78, 5) is 24.2. The zero-order chi connectivity index (χ0) is 32.4. The van der Waals surface area contributed by atoms with Crippen LogP contribution in [0.2, 0.25) is 18.1 Å². The van der Waals surface area contributed by atoms with E-state index in [9.17, 15) is 14.2 Å². The molecule has 248 valence electrons. The van der Waals surface area contributed by atoms with E-state index >= 15 is 0 Å². The molecule has 2 fully saturated rings. The average Bonchev–Trinajstić information content (AvgIpc) is 3.39. The Balaban J connectivity index is 2.20. The van der Waals surface area contributed by atoms with Gasteiger partial charge in [-0.3, -0.25) is 23.2 Å². The van der Waals surface area contributed by atoms with Gasteiger partial charge in [0.1, 0.15) is 30.5 Å². The van der Waals surface area contributed by atoms with Gasteiger partial charge in [-0.15, -0.1) is 0 Å². The molecule has 2 aliphatic heterocycles. The van der Waals surface area contributed by atoms with Gasteiger partial charge < -0.3 is 28.7 Å². The molecule has 0 aromatic rings. The fraction of sp³-hybridized carbons (Fsp3) is 0.893. The summed E-state index contributed by atoms with van der Waals surface area (Å²) in [6, 6.07) is 1.95.